The number of furan rings is 1. The molecule has 0 fully saturated rings. The lowest BCUT2D eigenvalue weighted by Gasteiger charge is -2.21. The highest BCUT2D eigenvalue weighted by atomic mass is 35.5. The summed E-state index contributed by atoms with van der Waals surface area (Å²) in [5, 5.41) is 14.2. The largest absolute Gasteiger partial charge is 0.469 e. The van der Waals surface area contributed by atoms with Gasteiger partial charge in [-0.1, -0.05) is 37.6 Å². The van der Waals surface area contributed by atoms with Crippen molar-refractivity contribution in [1.82, 2.24) is 19.8 Å². The van der Waals surface area contributed by atoms with Crippen molar-refractivity contribution in [2.24, 2.45) is 0 Å². The smallest absolute Gasteiger partial charge is 0.185 e. The first-order valence-corrected chi connectivity index (χ1v) is 10.0. The van der Waals surface area contributed by atoms with Crippen LogP contribution >= 0.6 is 11.6 Å². The van der Waals surface area contributed by atoms with E-state index in [-0.39, 0.29) is 17.6 Å². The lowest BCUT2D eigenvalue weighted by molar-refractivity contribution is 0.0951. The molecule has 1 aromatic carbocycles. The first-order valence-electron chi connectivity index (χ1n) is 9.63. The van der Waals surface area contributed by atoms with Crippen molar-refractivity contribution in [2.45, 2.75) is 38.5 Å². The Bertz CT molecular complexity index is 1230. The molecule has 3 heterocycles. The molecule has 1 aliphatic rings. The number of rotatable bonds is 3. The lowest BCUT2D eigenvalue weighted by atomic mass is 9.87. The van der Waals surface area contributed by atoms with E-state index < -0.39 is 0 Å². The summed E-state index contributed by atoms with van der Waals surface area (Å²) in [6.07, 6.45) is 2.62. The Kier molecular flexibility index (Phi) is 4.24. The Hall–Kier alpha value is -2.99. The number of hydrogen-bond donors (Lipinski definition) is 0. The van der Waals surface area contributed by atoms with Crippen LogP contribution < -0.4 is 0 Å². The summed E-state index contributed by atoms with van der Waals surface area (Å²) in [5.74, 6) is 0.911. The van der Waals surface area contributed by atoms with Gasteiger partial charge in [-0.2, -0.15) is 5.10 Å². The molecule has 1 aliphatic carbocycles. The summed E-state index contributed by atoms with van der Waals surface area (Å²) in [5.41, 5.74) is 4.57. The van der Waals surface area contributed by atoms with Crippen LogP contribution in [0, 0.1) is 0 Å². The summed E-state index contributed by atoms with van der Waals surface area (Å²) in [6.45, 7) is 4.18. The molecule has 146 valence electrons. The Morgan fingerprint density at radius 1 is 1.17 bits per heavy atom. The molecule has 0 N–H and O–H groups in total. The van der Waals surface area contributed by atoms with Crippen LogP contribution in [0.2, 0.25) is 5.02 Å². The number of nitrogens with zero attached hydrogens (tertiary/aromatic N) is 4. The fourth-order valence-electron chi connectivity index (χ4n) is 4.04. The first kappa shape index (κ1) is 18.1. The predicted octanol–water partition coefficient (Wildman–Crippen LogP) is 5.07. The average molecular weight is 407 g/mol. The molecule has 4 aromatic rings. The van der Waals surface area contributed by atoms with Crippen molar-refractivity contribution in [3.05, 3.63) is 70.5 Å². The lowest BCUT2D eigenvalue weighted by Crippen LogP contribution is -2.24. The summed E-state index contributed by atoms with van der Waals surface area (Å²) >= 11 is 6.24. The van der Waals surface area contributed by atoms with Gasteiger partial charge in [-0.15, -0.1) is 10.2 Å². The van der Waals surface area contributed by atoms with Gasteiger partial charge < -0.3 is 4.42 Å². The number of benzene rings is 1. The van der Waals surface area contributed by atoms with E-state index >= 15 is 0 Å². The second kappa shape index (κ2) is 6.81. The molecule has 0 spiro atoms. The minimum atomic E-state index is -0.0343. The van der Waals surface area contributed by atoms with Gasteiger partial charge in [0.1, 0.15) is 5.76 Å². The van der Waals surface area contributed by atoms with Gasteiger partial charge in [-0.3, -0.25) is 4.79 Å². The quantitative estimate of drug-likeness (QED) is 0.474. The zero-order valence-corrected chi connectivity index (χ0v) is 16.8. The van der Waals surface area contributed by atoms with Gasteiger partial charge in [-0.25, -0.2) is 4.52 Å². The van der Waals surface area contributed by atoms with Crippen LogP contribution in [0.3, 0.4) is 0 Å². The first-order chi connectivity index (χ1) is 14.0. The third-order valence-corrected chi connectivity index (χ3v) is 5.64. The number of halogens is 1. The zero-order chi connectivity index (χ0) is 20.1. The molecule has 0 saturated heterocycles. The highest BCUT2D eigenvalue weighted by Gasteiger charge is 2.33. The maximum Gasteiger partial charge on any atom is 0.185 e. The number of hydrogen-bond acceptors (Lipinski definition) is 5. The molecular weight excluding hydrogens is 388 g/mol. The fraction of sp³-hybridized carbons (Fsp3) is 0.273. The fourth-order valence-corrected chi connectivity index (χ4v) is 4.23. The molecule has 0 amide bonds. The van der Waals surface area contributed by atoms with Gasteiger partial charge in [0.15, 0.2) is 17.1 Å². The number of carbonyl (C=O) groups excluding carboxylic acids is 1. The molecule has 1 unspecified atom stereocenters. The van der Waals surface area contributed by atoms with E-state index in [1.54, 1.807) is 10.8 Å². The monoisotopic (exact) mass is 406 g/mol. The van der Waals surface area contributed by atoms with E-state index in [1.165, 1.54) is 0 Å². The van der Waals surface area contributed by atoms with Crippen LogP contribution in [0.4, 0.5) is 0 Å². The number of ketones is 1. The van der Waals surface area contributed by atoms with E-state index in [1.807, 2.05) is 36.4 Å². The van der Waals surface area contributed by atoms with Gasteiger partial charge in [0.25, 0.3) is 0 Å². The third kappa shape index (κ3) is 2.95. The second-order valence-electron chi connectivity index (χ2n) is 7.70. The van der Waals surface area contributed by atoms with Crippen LogP contribution in [0.15, 0.2) is 47.1 Å². The molecule has 29 heavy (non-hydrogen) atoms. The summed E-state index contributed by atoms with van der Waals surface area (Å²) in [4.78, 5) is 12.8. The maximum absolute atomic E-state index is 12.8. The maximum atomic E-state index is 12.8. The highest BCUT2D eigenvalue weighted by molar-refractivity contribution is 6.30. The molecular formula is C22H19ClN4O2. The molecule has 7 heteroatoms. The minimum Gasteiger partial charge on any atom is -0.469 e. The molecule has 5 rings (SSSR count). The average Bonchev–Trinajstić information content (AvgIpc) is 3.36. The van der Waals surface area contributed by atoms with E-state index in [9.17, 15) is 4.79 Å². The summed E-state index contributed by atoms with van der Waals surface area (Å²) in [7, 11) is 0. The minimum absolute atomic E-state index is 0.0290. The Morgan fingerprint density at radius 3 is 2.76 bits per heavy atom. The van der Waals surface area contributed by atoms with Gasteiger partial charge in [0.05, 0.1) is 23.2 Å². The molecule has 0 radical (unpaired) electrons. The molecule has 0 bridgehead atoms. The Labute approximate surface area is 172 Å². The van der Waals surface area contributed by atoms with Crippen LogP contribution in [0.25, 0.3) is 16.8 Å². The van der Waals surface area contributed by atoms with Crippen LogP contribution in [-0.4, -0.2) is 25.6 Å². The Morgan fingerprint density at radius 2 is 2.03 bits per heavy atom. The van der Waals surface area contributed by atoms with Crippen molar-refractivity contribution < 1.29 is 9.21 Å². The molecule has 0 saturated carbocycles. The number of Topliss-reactive ketones (excluding diaryl/α,β-unsaturated/α-hetero) is 1. The molecule has 0 aliphatic heterocycles. The highest BCUT2D eigenvalue weighted by Crippen LogP contribution is 2.37. The molecule has 6 nitrogen and oxygen atoms in total. The van der Waals surface area contributed by atoms with Gasteiger partial charge in [0.2, 0.25) is 0 Å². The normalized spacial score (nSPS) is 16.6. The van der Waals surface area contributed by atoms with Crippen molar-refractivity contribution in [2.75, 3.05) is 0 Å². The Balaban J connectivity index is 1.74. The topological polar surface area (TPSA) is 73.3 Å². The van der Waals surface area contributed by atoms with Crippen molar-refractivity contribution in [3.63, 3.8) is 0 Å². The third-order valence-electron chi connectivity index (χ3n) is 5.40. The molecule has 1 atom stereocenters. The van der Waals surface area contributed by atoms with Gasteiger partial charge in [-0.05, 0) is 35.7 Å². The van der Waals surface area contributed by atoms with E-state index in [0.29, 0.717) is 29.2 Å². The molecule has 3 aromatic heterocycles. The van der Waals surface area contributed by atoms with Gasteiger partial charge >= 0.3 is 0 Å². The van der Waals surface area contributed by atoms with Crippen LogP contribution in [-0.2, 0) is 6.42 Å². The van der Waals surface area contributed by atoms with E-state index in [4.69, 9.17) is 21.1 Å². The standard InChI is InChI=1S/C22H19ClN4O2/c1-12(2)20-19(13-5-3-6-15(23)9-13)22-25-24-21-16(27(22)26-20)10-14(11-17(21)28)18-7-4-8-29-18/h3-9,12,14H,10-11H2,1-2H3. The number of carbonyl (C=O) groups is 1. The number of fused-ring (bicyclic) bond motifs is 3. The van der Waals surface area contributed by atoms with Crippen LogP contribution in [0.5, 0.6) is 0 Å². The second-order valence-corrected chi connectivity index (χ2v) is 8.14. The van der Waals surface area contributed by atoms with Crippen molar-refractivity contribution in [1.29, 1.82) is 0 Å². The van der Waals surface area contributed by atoms with Crippen LogP contribution in [0.1, 0.15) is 59.7 Å². The zero-order valence-electron chi connectivity index (χ0n) is 16.1. The van der Waals surface area contributed by atoms with Crippen molar-refractivity contribution >= 4 is 23.0 Å². The summed E-state index contributed by atoms with van der Waals surface area (Å²) in [6, 6.07) is 11.4. The van der Waals surface area contributed by atoms with Crippen molar-refractivity contribution in [3.8, 4) is 11.1 Å². The van der Waals surface area contributed by atoms with Gasteiger partial charge in [0, 0.05) is 23.8 Å². The SMILES string of the molecule is CC(C)c1nn2c3c(nnc2c1-c1cccc(Cl)c1)C(=O)CC(c1ccco1)C3. The summed E-state index contributed by atoms with van der Waals surface area (Å²) < 4.78 is 7.36. The number of aromatic nitrogens is 4. The predicted molar refractivity (Wildman–Crippen MR) is 109 cm³/mol. The van der Waals surface area contributed by atoms with E-state index in [0.717, 1.165) is 28.3 Å². The van der Waals surface area contributed by atoms with E-state index in [2.05, 4.69) is 24.0 Å².